The molecule has 2 aliphatic rings. The molecule has 3 rings (SSSR count). The van der Waals surface area contributed by atoms with E-state index in [0.717, 1.165) is 5.56 Å². The third kappa shape index (κ3) is 2.92. The zero-order valence-corrected chi connectivity index (χ0v) is 15.9. The minimum atomic E-state index is -1.39. The number of β-lactam (4-membered cyclic amide) rings is 1. The molecule has 3 atom stereocenters. The lowest BCUT2D eigenvalue weighted by molar-refractivity contribution is -0.166. The first-order valence-corrected chi connectivity index (χ1v) is 9.48. The molecule has 2 saturated heterocycles. The van der Waals surface area contributed by atoms with Crippen molar-refractivity contribution in [3.05, 3.63) is 41.5 Å². The second-order valence-electron chi connectivity index (χ2n) is 7.91. The zero-order chi connectivity index (χ0) is 18.6. The molecule has 1 aromatic carbocycles. The van der Waals surface area contributed by atoms with Gasteiger partial charge in [0.2, 0.25) is 0 Å². The van der Waals surface area contributed by atoms with E-state index in [-0.39, 0.29) is 5.91 Å². The van der Waals surface area contributed by atoms with Crippen molar-refractivity contribution in [3.8, 4) is 0 Å². The fourth-order valence-corrected chi connectivity index (χ4v) is 5.09. The van der Waals surface area contributed by atoms with Crippen LogP contribution < -0.4 is 0 Å². The Labute approximate surface area is 150 Å². The molecule has 1 aromatic rings. The molecule has 1 amide bonds. The number of hydrogen-bond donors (Lipinski definition) is 0. The Kier molecular flexibility index (Phi) is 4.14. The summed E-state index contributed by atoms with van der Waals surface area (Å²) in [5.41, 5.74) is 0.702. The van der Waals surface area contributed by atoms with Gasteiger partial charge in [-0.1, -0.05) is 30.3 Å². The highest BCUT2D eigenvalue weighted by Gasteiger charge is 2.66. The first-order valence-electron chi connectivity index (χ1n) is 8.27. The minimum absolute atomic E-state index is 0.247. The molecule has 0 N–H and O–H groups in total. The highest BCUT2D eigenvalue weighted by molar-refractivity contribution is 7.87. The van der Waals surface area contributed by atoms with Gasteiger partial charge in [0.25, 0.3) is 5.91 Å². The molecule has 1 unspecified atom stereocenters. The van der Waals surface area contributed by atoms with Crippen molar-refractivity contribution >= 4 is 28.8 Å². The first kappa shape index (κ1) is 17.9. The molecule has 2 fully saturated rings. The van der Waals surface area contributed by atoms with Crippen LogP contribution >= 0.6 is 0 Å². The Hall–Kier alpha value is -1.95. The van der Waals surface area contributed by atoms with Gasteiger partial charge < -0.3 is 9.64 Å². The van der Waals surface area contributed by atoms with E-state index >= 15 is 0 Å². The van der Waals surface area contributed by atoms with E-state index in [2.05, 4.69) is 0 Å². The Balaban J connectivity index is 1.94. The average molecular weight is 361 g/mol. The number of nitrogens with zero attached hydrogens (tertiary/aromatic N) is 1. The lowest BCUT2D eigenvalue weighted by Crippen LogP contribution is -2.59. The summed E-state index contributed by atoms with van der Waals surface area (Å²) in [5.74, 6) is -0.746. The van der Waals surface area contributed by atoms with Crippen molar-refractivity contribution < 1.29 is 18.5 Å². The summed E-state index contributed by atoms with van der Waals surface area (Å²) >= 11 is 0. The molecule has 2 heterocycles. The quantitative estimate of drug-likeness (QED) is 0.461. The van der Waals surface area contributed by atoms with Gasteiger partial charge in [-0.25, -0.2) is 4.79 Å². The number of fused-ring (bicyclic) bond motifs is 1. The average Bonchev–Trinajstić information content (AvgIpc) is 2.69. The van der Waals surface area contributed by atoms with E-state index in [0.29, 0.717) is 5.57 Å². The molecule has 0 aromatic heterocycles. The van der Waals surface area contributed by atoms with Crippen molar-refractivity contribution in [1.82, 2.24) is 4.90 Å². The number of amides is 1. The highest BCUT2D eigenvalue weighted by atomic mass is 32.2. The molecule has 0 spiro atoms. The van der Waals surface area contributed by atoms with Crippen molar-refractivity contribution in [3.63, 3.8) is 0 Å². The predicted octanol–water partition coefficient (Wildman–Crippen LogP) is 2.49. The number of esters is 1. The Morgan fingerprint density at radius 1 is 1.24 bits per heavy atom. The molecule has 0 bridgehead atoms. The largest absolute Gasteiger partial charge is 0.458 e. The van der Waals surface area contributed by atoms with Crippen molar-refractivity contribution in [2.45, 2.75) is 56.4 Å². The summed E-state index contributed by atoms with van der Waals surface area (Å²) < 4.78 is 17.6. The molecule has 0 radical (unpaired) electrons. The maximum absolute atomic E-state index is 13.0. The lowest BCUT2D eigenvalue weighted by atomic mass is 9.94. The van der Waals surface area contributed by atoms with Gasteiger partial charge >= 0.3 is 5.97 Å². The molecule has 6 heteroatoms. The van der Waals surface area contributed by atoms with Crippen molar-refractivity contribution in [2.24, 2.45) is 0 Å². The Bertz CT molecular complexity index is 776. The van der Waals surface area contributed by atoms with Crippen molar-refractivity contribution in [1.29, 1.82) is 0 Å². The second-order valence-corrected chi connectivity index (χ2v) is 10.0. The van der Waals surface area contributed by atoms with Crippen molar-refractivity contribution in [2.75, 3.05) is 0 Å². The van der Waals surface area contributed by atoms with Gasteiger partial charge in [-0.2, -0.15) is 0 Å². The summed E-state index contributed by atoms with van der Waals surface area (Å²) in [6.07, 6.45) is 1.76. The van der Waals surface area contributed by atoms with E-state index in [9.17, 15) is 13.8 Å². The molecule has 2 aliphatic heterocycles. The molecule has 0 aliphatic carbocycles. The molecule has 5 nitrogen and oxygen atoms in total. The summed E-state index contributed by atoms with van der Waals surface area (Å²) in [7, 11) is -1.39. The summed E-state index contributed by atoms with van der Waals surface area (Å²) in [5, 5.41) is -0.555. The van der Waals surface area contributed by atoms with E-state index < -0.39 is 38.5 Å². The number of ether oxygens (including phenoxy) is 1. The SMILES string of the molecule is CC(C)(C)OC(=O)[C@@H]1N2C(=O)/C(=C/c3ccccc3)[C@H]2S(=O)C1(C)C. The smallest absolute Gasteiger partial charge is 0.330 e. The van der Waals surface area contributed by atoms with Crippen LogP contribution in [0.25, 0.3) is 6.08 Å². The van der Waals surface area contributed by atoms with Crippen LogP contribution in [0.4, 0.5) is 0 Å². The van der Waals surface area contributed by atoms with Crippen LogP contribution in [0.5, 0.6) is 0 Å². The van der Waals surface area contributed by atoms with E-state index in [4.69, 9.17) is 4.74 Å². The Morgan fingerprint density at radius 2 is 1.84 bits per heavy atom. The maximum Gasteiger partial charge on any atom is 0.330 e. The van der Waals surface area contributed by atoms with Gasteiger partial charge in [0, 0.05) is 0 Å². The van der Waals surface area contributed by atoms with E-state index in [1.165, 1.54) is 4.90 Å². The second kappa shape index (κ2) is 5.80. The van der Waals surface area contributed by atoms with Gasteiger partial charge in [0.15, 0.2) is 0 Å². The number of carbonyl (C=O) groups is 2. The summed E-state index contributed by atoms with van der Waals surface area (Å²) in [4.78, 5) is 26.8. The highest BCUT2D eigenvalue weighted by Crippen LogP contribution is 2.47. The minimum Gasteiger partial charge on any atom is -0.458 e. The van der Waals surface area contributed by atoms with Gasteiger partial charge in [-0.15, -0.1) is 0 Å². The van der Waals surface area contributed by atoms with Crippen LogP contribution in [0.2, 0.25) is 0 Å². The molecular formula is C19H23NO4S. The fourth-order valence-electron chi connectivity index (χ4n) is 3.27. The van der Waals surface area contributed by atoms with E-state index in [1.807, 2.05) is 30.3 Å². The van der Waals surface area contributed by atoms with Crippen LogP contribution in [-0.2, 0) is 25.1 Å². The van der Waals surface area contributed by atoms with Gasteiger partial charge in [-0.3, -0.25) is 9.00 Å². The van der Waals surface area contributed by atoms with Gasteiger partial charge in [-0.05, 0) is 46.3 Å². The number of carbonyl (C=O) groups excluding carboxylic acids is 2. The van der Waals surface area contributed by atoms with Crippen LogP contribution in [0.3, 0.4) is 0 Å². The monoisotopic (exact) mass is 361 g/mol. The molecule has 25 heavy (non-hydrogen) atoms. The predicted molar refractivity (Wildman–Crippen MR) is 96.9 cm³/mol. The topological polar surface area (TPSA) is 63.7 Å². The maximum atomic E-state index is 13.0. The molecular weight excluding hydrogens is 338 g/mol. The van der Waals surface area contributed by atoms with Crippen LogP contribution in [-0.4, -0.2) is 42.7 Å². The van der Waals surface area contributed by atoms with Crippen LogP contribution in [0, 0.1) is 0 Å². The Morgan fingerprint density at radius 3 is 2.40 bits per heavy atom. The lowest BCUT2D eigenvalue weighted by Gasteiger charge is -2.39. The first-order chi connectivity index (χ1) is 11.5. The standard InChI is InChI=1S/C19H23NO4S/c1-18(2,3)24-17(22)14-19(4,5)25(23)16-13(15(21)20(14)16)11-12-9-7-6-8-10-12/h6-11,14,16H,1-5H3/b13-11-/t14-,16+,25?/m0/s1. The zero-order valence-electron chi connectivity index (χ0n) is 15.1. The number of hydrogen-bond acceptors (Lipinski definition) is 4. The fraction of sp³-hybridized carbons (Fsp3) is 0.474. The number of rotatable bonds is 2. The van der Waals surface area contributed by atoms with E-state index in [1.54, 1.807) is 40.7 Å². The molecule has 0 saturated carbocycles. The third-order valence-corrected chi connectivity index (χ3v) is 6.56. The number of benzene rings is 1. The van der Waals surface area contributed by atoms with Crippen LogP contribution in [0.15, 0.2) is 35.9 Å². The summed E-state index contributed by atoms with van der Waals surface area (Å²) in [6.45, 7) is 8.84. The van der Waals surface area contributed by atoms with Gasteiger partial charge in [0.1, 0.15) is 17.0 Å². The summed E-state index contributed by atoms with van der Waals surface area (Å²) in [6, 6.07) is 8.59. The normalized spacial score (nSPS) is 29.3. The molecule has 134 valence electrons. The third-order valence-electron chi connectivity index (χ3n) is 4.41. The van der Waals surface area contributed by atoms with Crippen LogP contribution in [0.1, 0.15) is 40.2 Å². The van der Waals surface area contributed by atoms with Gasteiger partial charge in [0.05, 0.1) is 21.1 Å².